The Morgan fingerprint density at radius 2 is 2.35 bits per heavy atom. The van der Waals surface area contributed by atoms with Gasteiger partial charge in [-0.2, -0.15) is 0 Å². The average molecular weight is 290 g/mol. The Morgan fingerprint density at radius 1 is 1.50 bits per heavy atom. The summed E-state index contributed by atoms with van der Waals surface area (Å²) in [5.41, 5.74) is 2.74. The van der Waals surface area contributed by atoms with Crippen molar-refractivity contribution in [2.24, 2.45) is 7.05 Å². The summed E-state index contributed by atoms with van der Waals surface area (Å²) < 4.78 is 2.08. The van der Waals surface area contributed by atoms with E-state index in [2.05, 4.69) is 14.5 Å². The number of rotatable bonds is 2. The molecule has 1 amide bonds. The summed E-state index contributed by atoms with van der Waals surface area (Å²) in [6.07, 6.45) is 5.82. The first-order valence-electron chi connectivity index (χ1n) is 6.83. The molecule has 3 rings (SSSR count). The molecule has 1 aliphatic rings. The minimum Gasteiger partial charge on any atom is -0.337 e. The van der Waals surface area contributed by atoms with Crippen molar-refractivity contribution < 1.29 is 4.79 Å². The monoisotopic (exact) mass is 290 g/mol. The van der Waals surface area contributed by atoms with E-state index in [-0.39, 0.29) is 5.91 Å². The molecule has 20 heavy (non-hydrogen) atoms. The van der Waals surface area contributed by atoms with Crippen LogP contribution in [0.4, 0.5) is 0 Å². The van der Waals surface area contributed by atoms with E-state index in [4.69, 9.17) is 0 Å². The first-order chi connectivity index (χ1) is 9.65. The van der Waals surface area contributed by atoms with E-state index >= 15 is 0 Å². The molecule has 0 aromatic carbocycles. The minimum atomic E-state index is 0.100. The average Bonchev–Trinajstić information content (AvgIpc) is 3.08. The van der Waals surface area contributed by atoms with Crippen molar-refractivity contribution in [1.29, 1.82) is 0 Å². The fourth-order valence-electron chi connectivity index (χ4n) is 2.86. The summed E-state index contributed by atoms with van der Waals surface area (Å²) in [6.45, 7) is 3.59. The number of hydrogen-bond donors (Lipinski definition) is 0. The number of aryl methyl sites for hydroxylation is 2. The third-order valence-electron chi connectivity index (χ3n) is 3.75. The molecule has 1 fully saturated rings. The molecule has 6 heteroatoms. The Bertz CT molecular complexity index is 605. The molecular weight excluding hydrogens is 272 g/mol. The van der Waals surface area contributed by atoms with Crippen LogP contribution in [0.15, 0.2) is 17.9 Å². The molecule has 0 aliphatic carbocycles. The standard InChI is InChI=1S/C14H18N4OS/c1-10-7-17(2)13(16-10)11-4-3-5-18(8-11)14(19)12-6-15-9-20-12/h6-7,9,11H,3-5,8H2,1-2H3/t11-/m1/s1. The van der Waals surface area contributed by atoms with Crippen LogP contribution in [0, 0.1) is 6.92 Å². The molecule has 0 saturated carbocycles. The van der Waals surface area contributed by atoms with Crippen molar-refractivity contribution in [1.82, 2.24) is 19.4 Å². The molecular formula is C14H18N4OS. The molecule has 5 nitrogen and oxygen atoms in total. The van der Waals surface area contributed by atoms with Crippen molar-refractivity contribution in [2.75, 3.05) is 13.1 Å². The Labute approximate surface area is 122 Å². The second-order valence-electron chi connectivity index (χ2n) is 5.31. The lowest BCUT2D eigenvalue weighted by Crippen LogP contribution is -2.39. The van der Waals surface area contributed by atoms with Crippen LogP contribution < -0.4 is 0 Å². The maximum atomic E-state index is 12.4. The number of imidazole rings is 1. The lowest BCUT2D eigenvalue weighted by molar-refractivity contribution is 0.0708. The van der Waals surface area contributed by atoms with Gasteiger partial charge in [0.15, 0.2) is 0 Å². The third-order valence-corrected chi connectivity index (χ3v) is 4.51. The van der Waals surface area contributed by atoms with Gasteiger partial charge in [-0.25, -0.2) is 4.98 Å². The molecule has 106 valence electrons. The van der Waals surface area contributed by atoms with Crippen LogP contribution in [0.3, 0.4) is 0 Å². The topological polar surface area (TPSA) is 51.0 Å². The van der Waals surface area contributed by atoms with Gasteiger partial charge in [-0.05, 0) is 19.8 Å². The highest BCUT2D eigenvalue weighted by Crippen LogP contribution is 2.27. The summed E-state index contributed by atoms with van der Waals surface area (Å²) >= 11 is 1.41. The van der Waals surface area contributed by atoms with E-state index in [1.54, 1.807) is 11.7 Å². The summed E-state index contributed by atoms with van der Waals surface area (Å²) in [4.78, 5) is 23.6. The van der Waals surface area contributed by atoms with Crippen molar-refractivity contribution in [3.05, 3.63) is 34.3 Å². The van der Waals surface area contributed by atoms with E-state index < -0.39 is 0 Å². The van der Waals surface area contributed by atoms with E-state index in [0.717, 1.165) is 42.3 Å². The lowest BCUT2D eigenvalue weighted by Gasteiger charge is -2.32. The largest absolute Gasteiger partial charge is 0.337 e. The smallest absolute Gasteiger partial charge is 0.265 e. The highest BCUT2D eigenvalue weighted by Gasteiger charge is 2.28. The predicted molar refractivity (Wildman–Crippen MR) is 77.9 cm³/mol. The highest BCUT2D eigenvalue weighted by molar-refractivity contribution is 7.11. The van der Waals surface area contributed by atoms with Gasteiger partial charge in [-0.3, -0.25) is 9.78 Å². The molecule has 0 N–H and O–H groups in total. The second kappa shape index (κ2) is 5.36. The van der Waals surface area contributed by atoms with Crippen molar-refractivity contribution in [3.8, 4) is 0 Å². The molecule has 0 unspecified atom stereocenters. The zero-order valence-corrected chi connectivity index (χ0v) is 12.6. The number of carbonyl (C=O) groups excluding carboxylic acids is 1. The predicted octanol–water partition coefficient (Wildman–Crippen LogP) is 2.20. The van der Waals surface area contributed by atoms with Crippen molar-refractivity contribution in [3.63, 3.8) is 0 Å². The van der Waals surface area contributed by atoms with Crippen LogP contribution >= 0.6 is 11.3 Å². The summed E-state index contributed by atoms with van der Waals surface area (Å²) in [5, 5.41) is 0. The molecule has 2 aromatic heterocycles. The van der Waals surface area contributed by atoms with Gasteiger partial charge in [0.2, 0.25) is 0 Å². The number of carbonyl (C=O) groups is 1. The quantitative estimate of drug-likeness (QED) is 0.852. The molecule has 0 radical (unpaired) electrons. The fourth-order valence-corrected chi connectivity index (χ4v) is 3.45. The van der Waals surface area contributed by atoms with Gasteiger partial charge >= 0.3 is 0 Å². The fraction of sp³-hybridized carbons (Fsp3) is 0.500. The zero-order valence-electron chi connectivity index (χ0n) is 11.7. The molecule has 2 aromatic rings. The number of hydrogen-bond acceptors (Lipinski definition) is 4. The van der Waals surface area contributed by atoms with Crippen LogP contribution in [0.25, 0.3) is 0 Å². The van der Waals surface area contributed by atoms with Gasteiger partial charge in [0.05, 0.1) is 17.4 Å². The van der Waals surface area contributed by atoms with Gasteiger partial charge in [0.1, 0.15) is 10.7 Å². The van der Waals surface area contributed by atoms with Gasteiger partial charge in [0, 0.05) is 32.3 Å². The third kappa shape index (κ3) is 2.47. The van der Waals surface area contributed by atoms with Crippen LogP contribution in [0.1, 0.15) is 39.9 Å². The number of nitrogens with zero attached hydrogens (tertiary/aromatic N) is 4. The summed E-state index contributed by atoms with van der Waals surface area (Å²) in [7, 11) is 2.03. The number of amides is 1. The summed E-state index contributed by atoms with van der Waals surface area (Å²) in [5.74, 6) is 1.52. The molecule has 0 bridgehead atoms. The second-order valence-corrected chi connectivity index (χ2v) is 6.19. The maximum absolute atomic E-state index is 12.4. The Morgan fingerprint density at radius 3 is 3.00 bits per heavy atom. The van der Waals surface area contributed by atoms with E-state index in [0.29, 0.717) is 5.92 Å². The Balaban J connectivity index is 1.77. The zero-order chi connectivity index (χ0) is 14.1. The van der Waals surface area contributed by atoms with Crippen molar-refractivity contribution in [2.45, 2.75) is 25.7 Å². The normalized spacial score (nSPS) is 19.3. The van der Waals surface area contributed by atoms with Gasteiger partial charge in [-0.15, -0.1) is 11.3 Å². The SMILES string of the molecule is Cc1cn(C)c([C@@H]2CCCN(C(=O)c3cncs3)C2)n1. The molecule has 0 spiro atoms. The van der Waals surface area contributed by atoms with E-state index in [1.165, 1.54) is 11.3 Å². The minimum absolute atomic E-state index is 0.100. The van der Waals surface area contributed by atoms with Crippen molar-refractivity contribution >= 4 is 17.2 Å². The van der Waals surface area contributed by atoms with Gasteiger partial charge in [0.25, 0.3) is 5.91 Å². The van der Waals surface area contributed by atoms with Gasteiger partial charge in [-0.1, -0.05) is 0 Å². The highest BCUT2D eigenvalue weighted by atomic mass is 32.1. The van der Waals surface area contributed by atoms with Gasteiger partial charge < -0.3 is 9.47 Å². The molecule has 1 saturated heterocycles. The van der Waals surface area contributed by atoms with Crippen LogP contribution in [-0.2, 0) is 7.05 Å². The first kappa shape index (κ1) is 13.3. The number of thiazole rings is 1. The van der Waals surface area contributed by atoms with E-state index in [1.807, 2.05) is 25.1 Å². The Hall–Kier alpha value is -1.69. The lowest BCUT2D eigenvalue weighted by atomic mass is 9.97. The first-order valence-corrected chi connectivity index (χ1v) is 7.70. The number of piperidine rings is 1. The van der Waals surface area contributed by atoms with Crippen LogP contribution in [0.5, 0.6) is 0 Å². The van der Waals surface area contributed by atoms with Crippen LogP contribution in [0.2, 0.25) is 0 Å². The number of likely N-dealkylation sites (tertiary alicyclic amines) is 1. The van der Waals surface area contributed by atoms with Crippen LogP contribution in [-0.4, -0.2) is 38.4 Å². The Kier molecular flexibility index (Phi) is 3.56. The molecule has 1 atom stereocenters. The molecule has 3 heterocycles. The maximum Gasteiger partial charge on any atom is 0.265 e. The van der Waals surface area contributed by atoms with E-state index in [9.17, 15) is 4.79 Å². The number of aromatic nitrogens is 3. The summed E-state index contributed by atoms with van der Waals surface area (Å²) in [6, 6.07) is 0. The molecule has 1 aliphatic heterocycles.